The summed E-state index contributed by atoms with van der Waals surface area (Å²) in [5.41, 5.74) is 2.92. The fourth-order valence-electron chi connectivity index (χ4n) is 2.42. The number of carbonyl (C=O) groups is 2. The Labute approximate surface area is 128 Å². The summed E-state index contributed by atoms with van der Waals surface area (Å²) in [5.74, 6) is 1.08. The van der Waals surface area contributed by atoms with Crippen molar-refractivity contribution < 1.29 is 9.59 Å². The van der Waals surface area contributed by atoms with E-state index in [0.717, 1.165) is 21.8 Å². The Balaban J connectivity index is 2.16. The van der Waals surface area contributed by atoms with E-state index >= 15 is 0 Å². The number of benzene rings is 1. The van der Waals surface area contributed by atoms with Gasteiger partial charge < -0.3 is 4.90 Å². The molecule has 1 atom stereocenters. The van der Waals surface area contributed by atoms with Crippen LogP contribution in [-0.4, -0.2) is 23.3 Å². The van der Waals surface area contributed by atoms with E-state index in [4.69, 9.17) is 11.6 Å². The second kappa shape index (κ2) is 6.19. The number of thioether (sulfide) groups is 1. The molecule has 0 aliphatic carbocycles. The smallest absolute Gasteiger partial charge is 0.227 e. The van der Waals surface area contributed by atoms with Gasteiger partial charge in [0, 0.05) is 36.4 Å². The lowest BCUT2D eigenvalue weighted by Gasteiger charge is -2.20. The molecule has 0 spiro atoms. The van der Waals surface area contributed by atoms with Crippen LogP contribution >= 0.6 is 23.4 Å². The standard InChI is InChI=1S/C15H18ClNO2S/c1-9-5-14(10(2)4-13(9)16)17-7-12(6-15(17)19)8-20-11(3)18/h4-5,12H,6-8H2,1-3H3. The molecule has 1 fully saturated rings. The van der Waals surface area contributed by atoms with Gasteiger partial charge in [0.25, 0.3) is 0 Å². The van der Waals surface area contributed by atoms with Crippen LogP contribution in [0.25, 0.3) is 0 Å². The summed E-state index contributed by atoms with van der Waals surface area (Å²) in [5, 5.41) is 0.830. The van der Waals surface area contributed by atoms with Gasteiger partial charge in [-0.3, -0.25) is 9.59 Å². The molecule has 3 nitrogen and oxygen atoms in total. The summed E-state index contributed by atoms with van der Waals surface area (Å²) < 4.78 is 0. The molecular weight excluding hydrogens is 294 g/mol. The highest BCUT2D eigenvalue weighted by atomic mass is 35.5. The molecular formula is C15H18ClNO2S. The van der Waals surface area contributed by atoms with Gasteiger partial charge in [0.2, 0.25) is 5.91 Å². The van der Waals surface area contributed by atoms with Crippen LogP contribution in [0.1, 0.15) is 24.5 Å². The van der Waals surface area contributed by atoms with Crippen LogP contribution in [0.15, 0.2) is 12.1 Å². The van der Waals surface area contributed by atoms with Gasteiger partial charge in [0.15, 0.2) is 5.12 Å². The van der Waals surface area contributed by atoms with E-state index in [-0.39, 0.29) is 16.9 Å². The summed E-state index contributed by atoms with van der Waals surface area (Å²) >= 11 is 7.40. The van der Waals surface area contributed by atoms with Gasteiger partial charge in [-0.1, -0.05) is 23.4 Å². The molecule has 1 aliphatic heterocycles. The predicted octanol–water partition coefficient (Wildman–Crippen LogP) is 3.59. The molecule has 20 heavy (non-hydrogen) atoms. The van der Waals surface area contributed by atoms with Crippen LogP contribution in [0.4, 0.5) is 5.69 Å². The molecule has 1 saturated heterocycles. The fourth-order valence-corrected chi connectivity index (χ4v) is 3.33. The molecule has 1 unspecified atom stereocenters. The molecule has 2 rings (SSSR count). The Kier molecular flexibility index (Phi) is 4.76. The quantitative estimate of drug-likeness (QED) is 0.856. The predicted molar refractivity (Wildman–Crippen MR) is 84.5 cm³/mol. The minimum Gasteiger partial charge on any atom is -0.312 e. The molecule has 1 aromatic rings. The van der Waals surface area contributed by atoms with Gasteiger partial charge in [-0.2, -0.15) is 0 Å². The number of rotatable bonds is 3. The lowest BCUT2D eigenvalue weighted by Crippen LogP contribution is -2.25. The zero-order valence-corrected chi connectivity index (χ0v) is 13.5. The Bertz CT molecular complexity index is 559. The zero-order chi connectivity index (χ0) is 14.9. The van der Waals surface area contributed by atoms with Gasteiger partial charge >= 0.3 is 0 Å². The third-order valence-corrected chi connectivity index (χ3v) is 4.95. The zero-order valence-electron chi connectivity index (χ0n) is 11.9. The first-order chi connectivity index (χ1) is 9.38. The summed E-state index contributed by atoms with van der Waals surface area (Å²) in [4.78, 5) is 25.0. The number of halogens is 1. The molecule has 0 N–H and O–H groups in total. The summed E-state index contributed by atoms with van der Waals surface area (Å²) in [6.07, 6.45) is 0.515. The van der Waals surface area contributed by atoms with Crippen LogP contribution < -0.4 is 4.90 Å². The van der Waals surface area contributed by atoms with Crippen LogP contribution in [0.3, 0.4) is 0 Å². The summed E-state index contributed by atoms with van der Waals surface area (Å²) in [6.45, 7) is 6.15. The third-order valence-electron chi connectivity index (χ3n) is 3.50. The number of carbonyl (C=O) groups excluding carboxylic acids is 2. The van der Waals surface area contributed by atoms with Crippen molar-refractivity contribution in [1.82, 2.24) is 0 Å². The first kappa shape index (κ1) is 15.4. The van der Waals surface area contributed by atoms with Gasteiger partial charge in [0.05, 0.1) is 0 Å². The molecule has 0 bridgehead atoms. The number of nitrogens with zero attached hydrogens (tertiary/aromatic N) is 1. The largest absolute Gasteiger partial charge is 0.312 e. The van der Waals surface area contributed by atoms with Crippen LogP contribution in [0.2, 0.25) is 5.02 Å². The van der Waals surface area contributed by atoms with Crippen molar-refractivity contribution in [2.75, 3.05) is 17.2 Å². The van der Waals surface area contributed by atoms with Crippen LogP contribution in [0, 0.1) is 19.8 Å². The van der Waals surface area contributed by atoms with Crippen molar-refractivity contribution in [2.45, 2.75) is 27.2 Å². The highest BCUT2D eigenvalue weighted by Gasteiger charge is 2.31. The number of hydrogen-bond acceptors (Lipinski definition) is 3. The van der Waals surface area contributed by atoms with Crippen molar-refractivity contribution in [3.05, 3.63) is 28.3 Å². The van der Waals surface area contributed by atoms with Gasteiger partial charge in [-0.15, -0.1) is 0 Å². The van der Waals surface area contributed by atoms with Crippen molar-refractivity contribution >= 4 is 40.1 Å². The van der Waals surface area contributed by atoms with Crippen molar-refractivity contribution in [2.24, 2.45) is 5.92 Å². The summed E-state index contributed by atoms with van der Waals surface area (Å²) in [6, 6.07) is 3.87. The Morgan fingerprint density at radius 2 is 2.10 bits per heavy atom. The Hall–Kier alpha value is -1.00. The molecule has 1 aromatic carbocycles. The fraction of sp³-hybridized carbons (Fsp3) is 0.467. The first-order valence-corrected chi connectivity index (χ1v) is 7.95. The van der Waals surface area contributed by atoms with Gasteiger partial charge in [-0.05, 0) is 43.0 Å². The lowest BCUT2D eigenvalue weighted by molar-refractivity contribution is -0.117. The van der Waals surface area contributed by atoms with E-state index in [0.29, 0.717) is 18.7 Å². The highest BCUT2D eigenvalue weighted by Crippen LogP contribution is 2.32. The Morgan fingerprint density at radius 3 is 2.75 bits per heavy atom. The molecule has 0 aromatic heterocycles. The second-order valence-electron chi connectivity index (χ2n) is 5.26. The number of aryl methyl sites for hydroxylation is 2. The lowest BCUT2D eigenvalue weighted by atomic mass is 10.1. The van der Waals surface area contributed by atoms with Crippen molar-refractivity contribution in [3.63, 3.8) is 0 Å². The highest BCUT2D eigenvalue weighted by molar-refractivity contribution is 8.13. The monoisotopic (exact) mass is 311 g/mol. The molecule has 108 valence electrons. The maximum atomic E-state index is 12.2. The van der Waals surface area contributed by atoms with E-state index in [1.165, 1.54) is 11.8 Å². The molecule has 1 heterocycles. The van der Waals surface area contributed by atoms with Crippen molar-refractivity contribution in [1.29, 1.82) is 0 Å². The Morgan fingerprint density at radius 1 is 1.40 bits per heavy atom. The van der Waals surface area contributed by atoms with E-state index in [9.17, 15) is 9.59 Å². The van der Waals surface area contributed by atoms with E-state index < -0.39 is 0 Å². The average Bonchev–Trinajstić information content (AvgIpc) is 2.72. The first-order valence-electron chi connectivity index (χ1n) is 6.59. The number of hydrogen-bond donors (Lipinski definition) is 0. The third kappa shape index (κ3) is 3.36. The number of amides is 1. The SMILES string of the molecule is CC(=O)SCC1CC(=O)N(c2cc(C)c(Cl)cc2C)C1. The topological polar surface area (TPSA) is 37.4 Å². The molecule has 5 heteroatoms. The molecule has 1 amide bonds. The maximum Gasteiger partial charge on any atom is 0.227 e. The molecule has 0 saturated carbocycles. The minimum absolute atomic E-state index is 0.106. The maximum absolute atomic E-state index is 12.2. The molecule has 1 aliphatic rings. The molecule has 0 radical (unpaired) electrons. The normalized spacial score (nSPS) is 18.7. The van der Waals surface area contributed by atoms with Crippen LogP contribution in [0.5, 0.6) is 0 Å². The van der Waals surface area contributed by atoms with Crippen LogP contribution in [-0.2, 0) is 9.59 Å². The minimum atomic E-state index is 0.106. The van der Waals surface area contributed by atoms with E-state index in [1.807, 2.05) is 30.9 Å². The number of anilines is 1. The van der Waals surface area contributed by atoms with Gasteiger partial charge in [-0.25, -0.2) is 0 Å². The van der Waals surface area contributed by atoms with Crippen molar-refractivity contribution in [3.8, 4) is 0 Å². The average molecular weight is 312 g/mol. The van der Waals surface area contributed by atoms with E-state index in [1.54, 1.807) is 6.92 Å². The second-order valence-corrected chi connectivity index (χ2v) is 6.87. The summed E-state index contributed by atoms with van der Waals surface area (Å²) in [7, 11) is 0. The van der Waals surface area contributed by atoms with E-state index in [2.05, 4.69) is 0 Å². The van der Waals surface area contributed by atoms with Gasteiger partial charge in [0.1, 0.15) is 0 Å².